The number of Topliss-reactive ketones (excluding diaryl/α,β-unsaturated/α-hetero) is 2. The Labute approximate surface area is 446 Å². The average molecular weight is 1040 g/mol. The summed E-state index contributed by atoms with van der Waals surface area (Å²) in [7, 11) is 7.41. The molecule has 3 aromatic carbocycles. The Bertz CT molecular complexity index is 2300. The van der Waals surface area contributed by atoms with E-state index in [0.29, 0.717) is 53.9 Å². The van der Waals surface area contributed by atoms with E-state index in [4.69, 9.17) is 18.9 Å². The molecule has 0 aromatic heterocycles. The van der Waals surface area contributed by atoms with Crippen molar-refractivity contribution in [3.63, 3.8) is 0 Å². The molecule has 4 amide bonds. The molecule has 412 valence electrons. The molecule has 0 saturated carbocycles. The maximum Gasteiger partial charge on any atom is 0.328 e. The van der Waals surface area contributed by atoms with Crippen LogP contribution in [-0.4, -0.2) is 111 Å². The number of hydrogen-bond donors (Lipinski definition) is 2. The first-order valence-electron chi connectivity index (χ1n) is 27.4. The highest BCUT2D eigenvalue weighted by molar-refractivity contribution is 5.96. The average Bonchev–Trinajstić information content (AvgIpc) is 3.41. The fourth-order valence-corrected chi connectivity index (χ4v) is 9.60. The van der Waals surface area contributed by atoms with E-state index in [0.717, 1.165) is 30.4 Å². The highest BCUT2D eigenvalue weighted by Gasteiger charge is 2.34. The number of amides is 4. The number of rotatable bonds is 29. The van der Waals surface area contributed by atoms with Crippen LogP contribution >= 0.6 is 0 Å². The van der Waals surface area contributed by atoms with E-state index in [1.165, 1.54) is 95.8 Å². The SMILES string of the molecule is CCCCCCCCCCCCCCCC(=O)N(C)[C@H](COCc1ccccc1)C(=O)N[C@H](C)C(=O)CCC(=O)N(C)[C@@H]1C(=O)C[C@@H](C)C(=O)N[C@H](C(=O)OC)CCCc2ccc(OC)c(c2)-c2cc1ccc2OC. The number of carbonyl (C=O) groups excluding carboxylic acids is 7. The lowest BCUT2D eigenvalue weighted by Gasteiger charge is -2.30. The molecule has 3 aromatic rings. The standard InChI is InChI=1S/C60H86N4O11/c1-9-10-11-12-13-14-15-16-17-18-19-20-24-30-55(67)63(4)50(41-75-40-45-26-22-21-23-27-45)59(70)61-43(3)51(65)33-36-56(68)64(5)57-46-32-35-54(73-7)48(39-46)47-38-44(31-34-53(47)72-6)28-25-29-49(60(71)74-8)62-58(69)42(2)37-52(57)66/h21-23,26-27,31-32,34-35,38-39,42-43,49-50,57H,9-20,24-25,28-30,33,36-37,40-41H2,1-8H3,(H,61,70)(H,62,69)/t42-,43-,49+,50-,57+/m1/s1. The molecule has 4 bridgehead atoms. The van der Waals surface area contributed by atoms with Crippen LogP contribution in [0, 0.1) is 5.92 Å². The fraction of sp³-hybridized carbons (Fsp3) is 0.583. The Morgan fingerprint density at radius 3 is 1.95 bits per heavy atom. The zero-order valence-corrected chi connectivity index (χ0v) is 46.2. The molecule has 0 spiro atoms. The van der Waals surface area contributed by atoms with E-state index in [1.807, 2.05) is 48.5 Å². The van der Waals surface area contributed by atoms with Gasteiger partial charge in [-0.3, -0.25) is 28.8 Å². The summed E-state index contributed by atoms with van der Waals surface area (Å²) in [4.78, 5) is 99.1. The largest absolute Gasteiger partial charge is 0.496 e. The number of ether oxygens (including phenoxy) is 4. The fourth-order valence-electron chi connectivity index (χ4n) is 9.60. The van der Waals surface area contributed by atoms with Crippen LogP contribution in [0.3, 0.4) is 0 Å². The molecule has 5 atom stereocenters. The van der Waals surface area contributed by atoms with E-state index in [1.54, 1.807) is 39.3 Å². The van der Waals surface area contributed by atoms with Crippen LogP contribution < -0.4 is 20.1 Å². The molecular weight excluding hydrogens is 953 g/mol. The minimum atomic E-state index is -1.20. The number of nitrogens with one attached hydrogen (secondary N) is 2. The van der Waals surface area contributed by atoms with Gasteiger partial charge in [0, 0.05) is 56.8 Å². The van der Waals surface area contributed by atoms with Crippen LogP contribution in [0.1, 0.15) is 165 Å². The number of esters is 1. The third kappa shape index (κ3) is 19.8. The molecule has 4 rings (SSSR count). The molecule has 1 heterocycles. The first-order valence-corrected chi connectivity index (χ1v) is 27.4. The molecular formula is C60H86N4O11. The second-order valence-electron chi connectivity index (χ2n) is 20.2. The van der Waals surface area contributed by atoms with Gasteiger partial charge in [0.25, 0.3) is 0 Å². The van der Waals surface area contributed by atoms with Crippen molar-refractivity contribution < 1.29 is 52.5 Å². The van der Waals surface area contributed by atoms with Crippen molar-refractivity contribution in [2.45, 2.75) is 180 Å². The zero-order valence-electron chi connectivity index (χ0n) is 46.2. The molecule has 15 heteroatoms. The first kappa shape index (κ1) is 61.5. The molecule has 0 radical (unpaired) electrons. The lowest BCUT2D eigenvalue weighted by molar-refractivity contribution is -0.146. The van der Waals surface area contributed by atoms with Crippen molar-refractivity contribution in [3.8, 4) is 22.6 Å². The number of carbonyl (C=O) groups is 7. The number of nitrogens with zero attached hydrogens (tertiary/aromatic N) is 2. The van der Waals surface area contributed by atoms with Crippen molar-refractivity contribution >= 4 is 41.2 Å². The van der Waals surface area contributed by atoms with E-state index >= 15 is 0 Å². The van der Waals surface area contributed by atoms with Crippen LogP contribution in [0.5, 0.6) is 11.5 Å². The smallest absolute Gasteiger partial charge is 0.328 e. The van der Waals surface area contributed by atoms with Gasteiger partial charge in [-0.2, -0.15) is 0 Å². The van der Waals surface area contributed by atoms with Crippen LogP contribution in [0.2, 0.25) is 0 Å². The number of likely N-dealkylation sites (N-methyl/N-ethyl adjacent to an activating group) is 2. The molecule has 75 heavy (non-hydrogen) atoms. The topological polar surface area (TPSA) is 187 Å². The summed E-state index contributed by atoms with van der Waals surface area (Å²) in [5, 5.41) is 5.55. The molecule has 0 saturated heterocycles. The van der Waals surface area contributed by atoms with Crippen molar-refractivity contribution in [2.75, 3.05) is 42.0 Å². The number of benzene rings is 3. The first-order chi connectivity index (χ1) is 36.1. The Morgan fingerprint density at radius 1 is 0.733 bits per heavy atom. The Morgan fingerprint density at radius 2 is 1.33 bits per heavy atom. The molecule has 1 aliphatic heterocycles. The molecule has 0 fully saturated rings. The zero-order chi connectivity index (χ0) is 54.7. The molecule has 0 aliphatic carbocycles. The highest BCUT2D eigenvalue weighted by Crippen LogP contribution is 2.40. The van der Waals surface area contributed by atoms with Crippen molar-refractivity contribution in [1.29, 1.82) is 0 Å². The number of fused-ring (bicyclic) bond motifs is 5. The summed E-state index contributed by atoms with van der Waals surface area (Å²) in [6.07, 6.45) is 16.3. The second kappa shape index (κ2) is 33.1. The predicted octanol–water partition coefficient (Wildman–Crippen LogP) is 9.84. The van der Waals surface area contributed by atoms with Gasteiger partial charge < -0.3 is 39.4 Å². The minimum absolute atomic E-state index is 0.0986. The van der Waals surface area contributed by atoms with Gasteiger partial charge in [0.05, 0.1) is 40.6 Å². The van der Waals surface area contributed by atoms with Crippen molar-refractivity contribution in [2.24, 2.45) is 5.92 Å². The molecule has 1 aliphatic rings. The van der Waals surface area contributed by atoms with E-state index < -0.39 is 65.3 Å². The second-order valence-corrected chi connectivity index (χ2v) is 20.2. The third-order valence-corrected chi connectivity index (χ3v) is 14.4. The monoisotopic (exact) mass is 1040 g/mol. The normalized spacial score (nSPS) is 16.7. The van der Waals surface area contributed by atoms with Crippen LogP contribution in [0.15, 0.2) is 66.7 Å². The van der Waals surface area contributed by atoms with Gasteiger partial charge >= 0.3 is 5.97 Å². The van der Waals surface area contributed by atoms with Gasteiger partial charge in [-0.05, 0) is 73.6 Å². The quantitative estimate of drug-likeness (QED) is 0.0498. The third-order valence-electron chi connectivity index (χ3n) is 14.4. The summed E-state index contributed by atoms with van der Waals surface area (Å²) >= 11 is 0. The van der Waals surface area contributed by atoms with Crippen LogP contribution in [-0.2, 0) is 56.1 Å². The summed E-state index contributed by atoms with van der Waals surface area (Å²) in [6.45, 7) is 5.49. The molecule has 0 unspecified atom stereocenters. The number of methoxy groups -OCH3 is 3. The predicted molar refractivity (Wildman–Crippen MR) is 291 cm³/mol. The van der Waals surface area contributed by atoms with Gasteiger partial charge in [0.2, 0.25) is 23.6 Å². The molecule has 15 nitrogen and oxygen atoms in total. The van der Waals surface area contributed by atoms with Crippen molar-refractivity contribution in [3.05, 3.63) is 83.4 Å². The van der Waals surface area contributed by atoms with Gasteiger partial charge in [-0.1, -0.05) is 133 Å². The summed E-state index contributed by atoms with van der Waals surface area (Å²) in [5.74, 6) is -3.12. The number of unbranched alkanes of at least 4 members (excludes halogenated alkanes) is 12. The maximum absolute atomic E-state index is 14.5. The van der Waals surface area contributed by atoms with Gasteiger partial charge in [0.15, 0.2) is 11.6 Å². The van der Waals surface area contributed by atoms with E-state index in [-0.39, 0.29) is 44.8 Å². The van der Waals surface area contributed by atoms with Gasteiger partial charge in [-0.25, -0.2) is 4.79 Å². The highest BCUT2D eigenvalue weighted by atomic mass is 16.5. The lowest BCUT2D eigenvalue weighted by atomic mass is 9.90. The Balaban J connectivity index is 1.45. The van der Waals surface area contributed by atoms with Crippen LogP contribution in [0.4, 0.5) is 0 Å². The maximum atomic E-state index is 14.5. The van der Waals surface area contributed by atoms with E-state index in [9.17, 15) is 33.6 Å². The minimum Gasteiger partial charge on any atom is -0.496 e. The van der Waals surface area contributed by atoms with E-state index in [2.05, 4.69) is 17.6 Å². The lowest BCUT2D eigenvalue weighted by Crippen LogP contribution is -2.53. The number of aryl methyl sites for hydroxylation is 1. The van der Waals surface area contributed by atoms with Gasteiger partial charge in [0.1, 0.15) is 29.6 Å². The Kier molecular flexibility index (Phi) is 27.1. The summed E-state index contributed by atoms with van der Waals surface area (Å²) < 4.78 is 22.6. The summed E-state index contributed by atoms with van der Waals surface area (Å²) in [6, 6.07) is 16.2. The summed E-state index contributed by atoms with van der Waals surface area (Å²) in [5.41, 5.74) is 3.56. The Hall–Kier alpha value is -6.09. The number of ketones is 2. The molecule has 2 N–H and O–H groups in total. The van der Waals surface area contributed by atoms with Gasteiger partial charge in [-0.15, -0.1) is 0 Å². The van der Waals surface area contributed by atoms with Crippen LogP contribution in [0.25, 0.3) is 11.1 Å². The van der Waals surface area contributed by atoms with Crippen molar-refractivity contribution in [1.82, 2.24) is 20.4 Å². The number of hydrogen-bond acceptors (Lipinski definition) is 11.